The van der Waals surface area contributed by atoms with E-state index in [2.05, 4.69) is 4.98 Å². The first-order valence-corrected chi connectivity index (χ1v) is 7.06. The van der Waals surface area contributed by atoms with Crippen molar-refractivity contribution in [2.45, 2.75) is 19.3 Å². The average Bonchev–Trinajstić information content (AvgIpc) is 3.03. The quantitative estimate of drug-likeness (QED) is 0.748. The maximum Gasteiger partial charge on any atom is 0.261 e. The van der Waals surface area contributed by atoms with Crippen molar-refractivity contribution in [2.24, 2.45) is 0 Å². The van der Waals surface area contributed by atoms with Crippen molar-refractivity contribution in [3.8, 4) is 0 Å². The second-order valence-corrected chi connectivity index (χ2v) is 5.11. The van der Waals surface area contributed by atoms with Crippen LogP contribution in [0.2, 0.25) is 0 Å². The van der Waals surface area contributed by atoms with Crippen LogP contribution in [0.4, 0.5) is 4.39 Å². The van der Waals surface area contributed by atoms with E-state index in [1.807, 2.05) is 0 Å². The minimum absolute atomic E-state index is 0.0390. The molecule has 0 amide bonds. The summed E-state index contributed by atoms with van der Waals surface area (Å²) in [5.41, 5.74) is -0.0464. The van der Waals surface area contributed by atoms with Gasteiger partial charge in [-0.1, -0.05) is 0 Å². The summed E-state index contributed by atoms with van der Waals surface area (Å²) in [4.78, 5) is 16.3. The molecule has 0 spiro atoms. The van der Waals surface area contributed by atoms with Gasteiger partial charge in [0.15, 0.2) is 0 Å². The van der Waals surface area contributed by atoms with Gasteiger partial charge in [0.05, 0.1) is 42.7 Å². The molecule has 0 bridgehead atoms. The predicted octanol–water partition coefficient (Wildman–Crippen LogP) is 1.71. The molecule has 0 fully saturated rings. The lowest BCUT2D eigenvalue weighted by atomic mass is 10.2. The van der Waals surface area contributed by atoms with E-state index in [9.17, 15) is 14.3 Å². The maximum absolute atomic E-state index is 13.1. The number of fused-ring (bicyclic) bond motifs is 1. The third-order valence-corrected chi connectivity index (χ3v) is 3.33. The molecular weight excluding hydrogens is 303 g/mol. The highest BCUT2D eigenvalue weighted by molar-refractivity contribution is 5.77. The lowest BCUT2D eigenvalue weighted by Crippen LogP contribution is -2.29. The van der Waals surface area contributed by atoms with Gasteiger partial charge in [-0.2, -0.15) is 0 Å². The maximum atomic E-state index is 13.1. The van der Waals surface area contributed by atoms with E-state index in [0.29, 0.717) is 11.1 Å². The minimum atomic E-state index is -0.873. The molecule has 0 aliphatic carbocycles. The van der Waals surface area contributed by atoms with Crippen LogP contribution < -0.4 is 5.56 Å². The van der Waals surface area contributed by atoms with Crippen LogP contribution in [-0.4, -0.2) is 27.4 Å². The van der Waals surface area contributed by atoms with Gasteiger partial charge in [-0.25, -0.2) is 9.37 Å². The Labute approximate surface area is 130 Å². The van der Waals surface area contributed by atoms with Crippen molar-refractivity contribution < 1.29 is 18.7 Å². The molecule has 2 aromatic heterocycles. The summed E-state index contributed by atoms with van der Waals surface area (Å²) in [7, 11) is 0. The lowest BCUT2D eigenvalue weighted by Gasteiger charge is -2.13. The number of nitrogens with zero attached hydrogens (tertiary/aromatic N) is 2. The fraction of sp³-hybridized carbons (Fsp3) is 0.250. The summed E-state index contributed by atoms with van der Waals surface area (Å²) in [5, 5.41) is 10.3. The highest BCUT2D eigenvalue weighted by atomic mass is 19.1. The van der Waals surface area contributed by atoms with E-state index >= 15 is 0 Å². The third-order valence-electron chi connectivity index (χ3n) is 3.33. The topological polar surface area (TPSA) is 77.5 Å². The molecule has 7 heteroatoms. The standard InChI is InChI=1S/C16H15FN2O4/c17-11-3-4-14-15(6-11)18-10-19(16(14)21)7-12(20)8-22-9-13-2-1-5-23-13/h1-6,10,12,20H,7-9H2. The summed E-state index contributed by atoms with van der Waals surface area (Å²) in [6.45, 7) is 0.333. The highest BCUT2D eigenvalue weighted by Crippen LogP contribution is 2.09. The number of rotatable bonds is 6. The van der Waals surface area contributed by atoms with Gasteiger partial charge in [0.1, 0.15) is 18.2 Å². The van der Waals surface area contributed by atoms with Crippen LogP contribution >= 0.6 is 0 Å². The summed E-state index contributed by atoms with van der Waals surface area (Å²) in [5.74, 6) is 0.206. The number of halogens is 1. The molecule has 1 atom stereocenters. The number of aliphatic hydroxyl groups is 1. The monoisotopic (exact) mass is 318 g/mol. The number of ether oxygens (including phenoxy) is 1. The number of hydrogen-bond donors (Lipinski definition) is 1. The smallest absolute Gasteiger partial charge is 0.261 e. The van der Waals surface area contributed by atoms with E-state index in [1.54, 1.807) is 12.1 Å². The first-order chi connectivity index (χ1) is 11.1. The average molecular weight is 318 g/mol. The van der Waals surface area contributed by atoms with Crippen LogP contribution in [0.15, 0.2) is 52.1 Å². The van der Waals surface area contributed by atoms with Gasteiger partial charge in [0, 0.05) is 6.07 Å². The highest BCUT2D eigenvalue weighted by Gasteiger charge is 2.10. The molecule has 0 saturated heterocycles. The number of benzene rings is 1. The van der Waals surface area contributed by atoms with Crippen LogP contribution in [0.3, 0.4) is 0 Å². The summed E-state index contributed by atoms with van der Waals surface area (Å²) in [6, 6.07) is 7.31. The lowest BCUT2D eigenvalue weighted by molar-refractivity contribution is 0.0142. The molecule has 0 aliphatic rings. The van der Waals surface area contributed by atoms with E-state index in [1.165, 1.54) is 35.4 Å². The summed E-state index contributed by atoms with van der Waals surface area (Å²) < 4.78 is 24.8. The minimum Gasteiger partial charge on any atom is -0.467 e. The first-order valence-electron chi connectivity index (χ1n) is 7.06. The Hall–Kier alpha value is -2.51. The fourth-order valence-corrected chi connectivity index (χ4v) is 2.23. The summed E-state index contributed by atoms with van der Waals surface area (Å²) >= 11 is 0. The Balaban J connectivity index is 1.65. The van der Waals surface area contributed by atoms with Gasteiger partial charge in [0.2, 0.25) is 0 Å². The Morgan fingerprint density at radius 2 is 2.26 bits per heavy atom. The van der Waals surface area contributed by atoms with Gasteiger partial charge >= 0.3 is 0 Å². The third kappa shape index (κ3) is 3.64. The molecule has 120 valence electrons. The second-order valence-electron chi connectivity index (χ2n) is 5.11. The number of furan rings is 1. The Morgan fingerprint density at radius 1 is 1.39 bits per heavy atom. The van der Waals surface area contributed by atoms with Crippen molar-refractivity contribution in [3.05, 3.63) is 64.9 Å². The van der Waals surface area contributed by atoms with Gasteiger partial charge in [-0.05, 0) is 24.3 Å². The molecule has 23 heavy (non-hydrogen) atoms. The Bertz CT molecular complexity index is 845. The number of aromatic nitrogens is 2. The zero-order valence-electron chi connectivity index (χ0n) is 12.2. The molecule has 2 heterocycles. The van der Waals surface area contributed by atoms with E-state index in [4.69, 9.17) is 9.15 Å². The van der Waals surface area contributed by atoms with Crippen molar-refractivity contribution in [1.82, 2.24) is 9.55 Å². The van der Waals surface area contributed by atoms with Crippen LogP contribution in [0.25, 0.3) is 10.9 Å². The van der Waals surface area contributed by atoms with E-state index in [-0.39, 0.29) is 30.8 Å². The molecule has 0 saturated carbocycles. The SMILES string of the molecule is O=c1c2ccc(F)cc2ncn1CC(O)COCc1ccco1. The van der Waals surface area contributed by atoms with Crippen LogP contribution in [0.1, 0.15) is 5.76 Å². The first kappa shape index (κ1) is 15.4. The van der Waals surface area contributed by atoms with Crippen molar-refractivity contribution >= 4 is 10.9 Å². The Kier molecular flexibility index (Phi) is 4.50. The molecule has 6 nitrogen and oxygen atoms in total. The Morgan fingerprint density at radius 3 is 3.04 bits per heavy atom. The molecule has 0 radical (unpaired) electrons. The largest absolute Gasteiger partial charge is 0.467 e. The van der Waals surface area contributed by atoms with Gasteiger partial charge in [-0.3, -0.25) is 9.36 Å². The molecule has 3 rings (SSSR count). The van der Waals surface area contributed by atoms with Gasteiger partial charge < -0.3 is 14.3 Å². The molecular formula is C16H15FN2O4. The molecule has 1 unspecified atom stereocenters. The zero-order valence-corrected chi connectivity index (χ0v) is 12.2. The van der Waals surface area contributed by atoms with Crippen LogP contribution in [0.5, 0.6) is 0 Å². The van der Waals surface area contributed by atoms with E-state index in [0.717, 1.165) is 0 Å². The fourth-order valence-electron chi connectivity index (χ4n) is 2.23. The second kappa shape index (κ2) is 6.72. The predicted molar refractivity (Wildman–Crippen MR) is 80.3 cm³/mol. The van der Waals surface area contributed by atoms with Crippen LogP contribution in [0, 0.1) is 5.82 Å². The molecule has 1 aromatic carbocycles. The number of hydrogen-bond acceptors (Lipinski definition) is 5. The molecule has 0 aliphatic heterocycles. The van der Waals surface area contributed by atoms with Gasteiger partial charge in [0.25, 0.3) is 5.56 Å². The molecule has 3 aromatic rings. The normalized spacial score (nSPS) is 12.6. The number of aliphatic hydroxyl groups excluding tert-OH is 1. The van der Waals surface area contributed by atoms with Crippen LogP contribution in [-0.2, 0) is 17.9 Å². The van der Waals surface area contributed by atoms with Crippen molar-refractivity contribution in [3.63, 3.8) is 0 Å². The van der Waals surface area contributed by atoms with Gasteiger partial charge in [-0.15, -0.1) is 0 Å². The van der Waals surface area contributed by atoms with E-state index < -0.39 is 11.9 Å². The van der Waals surface area contributed by atoms with Crippen molar-refractivity contribution in [2.75, 3.05) is 6.61 Å². The zero-order chi connectivity index (χ0) is 16.2. The van der Waals surface area contributed by atoms with Crippen molar-refractivity contribution in [1.29, 1.82) is 0 Å². The summed E-state index contributed by atoms with van der Waals surface area (Å²) in [6.07, 6.45) is 1.96. The molecule has 1 N–H and O–H groups in total.